The quantitative estimate of drug-likeness (QED) is 0.843. The number of hydrogen-bond acceptors (Lipinski definition) is 4. The van der Waals surface area contributed by atoms with Gasteiger partial charge in [0, 0.05) is 13.6 Å². The van der Waals surface area contributed by atoms with Gasteiger partial charge in [0.15, 0.2) is 5.69 Å². The fraction of sp³-hybridized carbons (Fsp3) is 0.400. The van der Waals surface area contributed by atoms with Crippen molar-refractivity contribution in [2.45, 2.75) is 13.0 Å². The van der Waals surface area contributed by atoms with Gasteiger partial charge in [-0.25, -0.2) is 4.39 Å². The number of carbonyl (C=O) groups is 1. The van der Waals surface area contributed by atoms with E-state index < -0.39 is 0 Å². The molecule has 0 radical (unpaired) electrons. The summed E-state index contributed by atoms with van der Waals surface area (Å²) in [6.45, 7) is 3.07. The third kappa shape index (κ3) is 2.85. The molecule has 1 unspecified atom stereocenters. The van der Waals surface area contributed by atoms with Crippen LogP contribution >= 0.6 is 0 Å². The molecule has 116 valence electrons. The first kappa shape index (κ1) is 14.6. The van der Waals surface area contributed by atoms with Crippen molar-refractivity contribution in [2.24, 2.45) is 7.05 Å². The lowest BCUT2D eigenvalue weighted by Crippen LogP contribution is -2.42. The summed E-state index contributed by atoms with van der Waals surface area (Å²) in [6.07, 6.45) is 1.20. The molecule has 0 bridgehead atoms. The van der Waals surface area contributed by atoms with Gasteiger partial charge in [0.2, 0.25) is 0 Å². The Morgan fingerprint density at radius 1 is 1.45 bits per heavy atom. The summed E-state index contributed by atoms with van der Waals surface area (Å²) in [6, 6.07) is 4.89. The highest BCUT2D eigenvalue weighted by atomic mass is 19.1. The van der Waals surface area contributed by atoms with Crippen LogP contribution in [0.15, 0.2) is 24.4 Å². The first-order valence-electron chi connectivity index (χ1n) is 7.08. The zero-order valence-corrected chi connectivity index (χ0v) is 12.5. The number of halogens is 1. The second kappa shape index (κ2) is 5.84. The number of amides is 1. The summed E-state index contributed by atoms with van der Waals surface area (Å²) in [5, 5.41) is 7.95. The number of ether oxygens (including phenoxy) is 1. The van der Waals surface area contributed by atoms with E-state index in [1.165, 1.54) is 17.1 Å². The summed E-state index contributed by atoms with van der Waals surface area (Å²) in [5.41, 5.74) is 1.76. The van der Waals surface area contributed by atoms with Crippen molar-refractivity contribution in [3.8, 4) is 0 Å². The maximum atomic E-state index is 13.4. The lowest BCUT2D eigenvalue weighted by Gasteiger charge is -2.32. The van der Waals surface area contributed by atoms with Crippen molar-refractivity contribution in [1.29, 1.82) is 0 Å². The third-order valence-electron chi connectivity index (χ3n) is 3.73. The van der Waals surface area contributed by atoms with Crippen LogP contribution in [0.5, 0.6) is 0 Å². The predicted octanol–water partition coefficient (Wildman–Crippen LogP) is 1.48. The summed E-state index contributed by atoms with van der Waals surface area (Å²) >= 11 is 0. The van der Waals surface area contributed by atoms with Crippen molar-refractivity contribution in [3.05, 3.63) is 47.0 Å². The summed E-state index contributed by atoms with van der Waals surface area (Å²) < 4.78 is 19.1. The average molecular weight is 304 g/mol. The van der Waals surface area contributed by atoms with Gasteiger partial charge in [0.05, 0.1) is 19.3 Å². The highest BCUT2D eigenvalue weighted by Crippen LogP contribution is 2.24. The Morgan fingerprint density at radius 2 is 2.27 bits per heavy atom. The van der Waals surface area contributed by atoms with Crippen LogP contribution in [0.1, 0.15) is 27.7 Å². The molecular formula is C15H17FN4O2. The number of nitrogens with zero attached hydrogens (tertiary/aromatic N) is 4. The van der Waals surface area contributed by atoms with E-state index in [-0.39, 0.29) is 17.8 Å². The van der Waals surface area contributed by atoms with Crippen LogP contribution in [0, 0.1) is 12.7 Å². The smallest absolute Gasteiger partial charge is 0.276 e. The number of benzene rings is 1. The minimum Gasteiger partial charge on any atom is -0.370 e. The molecule has 1 aliphatic heterocycles. The van der Waals surface area contributed by atoms with Crippen LogP contribution in [0.4, 0.5) is 4.39 Å². The maximum Gasteiger partial charge on any atom is 0.276 e. The zero-order chi connectivity index (χ0) is 15.7. The first-order valence-corrected chi connectivity index (χ1v) is 7.08. The van der Waals surface area contributed by atoms with Crippen LogP contribution in [0.3, 0.4) is 0 Å². The number of aromatic nitrogens is 3. The van der Waals surface area contributed by atoms with Gasteiger partial charge in [-0.15, -0.1) is 5.10 Å². The Labute approximate surface area is 127 Å². The summed E-state index contributed by atoms with van der Waals surface area (Å²) in [5.74, 6) is -0.410. The van der Waals surface area contributed by atoms with Gasteiger partial charge in [-0.2, -0.15) is 9.90 Å². The van der Waals surface area contributed by atoms with Crippen LogP contribution in [0.25, 0.3) is 0 Å². The molecule has 3 rings (SSSR count). The Balaban J connectivity index is 1.76. The minimum absolute atomic E-state index is 0.166. The second-order valence-electron chi connectivity index (χ2n) is 5.34. The van der Waals surface area contributed by atoms with E-state index >= 15 is 0 Å². The van der Waals surface area contributed by atoms with E-state index in [1.807, 2.05) is 0 Å². The van der Waals surface area contributed by atoms with Gasteiger partial charge in [-0.05, 0) is 24.1 Å². The fourth-order valence-corrected chi connectivity index (χ4v) is 2.51. The van der Waals surface area contributed by atoms with Crippen molar-refractivity contribution in [1.82, 2.24) is 19.9 Å². The molecule has 1 saturated heterocycles. The minimum atomic E-state index is -0.256. The van der Waals surface area contributed by atoms with Crippen molar-refractivity contribution < 1.29 is 13.9 Å². The molecule has 1 aromatic carbocycles. The van der Waals surface area contributed by atoms with E-state index in [0.29, 0.717) is 31.0 Å². The SMILES string of the molecule is Cc1cc(C2CN(C(=O)c3cnn(C)n3)CCO2)ccc1F. The van der Waals surface area contributed by atoms with Gasteiger partial charge in [0.25, 0.3) is 5.91 Å². The molecule has 1 aromatic heterocycles. The molecule has 22 heavy (non-hydrogen) atoms. The average Bonchev–Trinajstić information content (AvgIpc) is 2.96. The molecule has 2 heterocycles. The monoisotopic (exact) mass is 304 g/mol. The number of carbonyl (C=O) groups excluding carboxylic acids is 1. The molecule has 1 aliphatic rings. The van der Waals surface area contributed by atoms with Crippen molar-refractivity contribution >= 4 is 5.91 Å². The van der Waals surface area contributed by atoms with Gasteiger partial charge < -0.3 is 9.64 Å². The molecule has 1 fully saturated rings. The molecule has 0 saturated carbocycles. The Morgan fingerprint density at radius 3 is 2.95 bits per heavy atom. The third-order valence-corrected chi connectivity index (χ3v) is 3.73. The van der Waals surface area contributed by atoms with E-state index in [2.05, 4.69) is 10.2 Å². The fourth-order valence-electron chi connectivity index (χ4n) is 2.51. The maximum absolute atomic E-state index is 13.4. The molecule has 7 heteroatoms. The van der Waals surface area contributed by atoms with Crippen LogP contribution in [0.2, 0.25) is 0 Å². The molecule has 0 spiro atoms. The number of morpholine rings is 1. The Bertz CT molecular complexity index is 701. The molecule has 0 aliphatic carbocycles. The highest BCUT2D eigenvalue weighted by molar-refractivity contribution is 5.92. The first-order chi connectivity index (χ1) is 10.5. The van der Waals surface area contributed by atoms with E-state index in [0.717, 1.165) is 5.56 Å². The van der Waals surface area contributed by atoms with Gasteiger partial charge in [0.1, 0.15) is 11.9 Å². The van der Waals surface area contributed by atoms with Crippen LogP contribution in [-0.4, -0.2) is 45.5 Å². The number of rotatable bonds is 2. The highest BCUT2D eigenvalue weighted by Gasteiger charge is 2.27. The van der Waals surface area contributed by atoms with Crippen LogP contribution < -0.4 is 0 Å². The Kier molecular flexibility index (Phi) is 3.89. The number of hydrogen-bond donors (Lipinski definition) is 0. The zero-order valence-electron chi connectivity index (χ0n) is 12.5. The molecule has 1 amide bonds. The van der Waals surface area contributed by atoms with Gasteiger partial charge in [-0.1, -0.05) is 12.1 Å². The normalized spacial score (nSPS) is 18.5. The molecule has 2 aromatic rings. The lowest BCUT2D eigenvalue weighted by molar-refractivity contribution is -0.0230. The van der Waals surface area contributed by atoms with Crippen molar-refractivity contribution in [2.75, 3.05) is 19.7 Å². The largest absolute Gasteiger partial charge is 0.370 e. The molecule has 0 N–H and O–H groups in total. The predicted molar refractivity (Wildman–Crippen MR) is 76.7 cm³/mol. The van der Waals surface area contributed by atoms with E-state index in [9.17, 15) is 9.18 Å². The van der Waals surface area contributed by atoms with Crippen LogP contribution in [-0.2, 0) is 11.8 Å². The van der Waals surface area contributed by atoms with Crippen molar-refractivity contribution in [3.63, 3.8) is 0 Å². The topological polar surface area (TPSA) is 60.2 Å². The van der Waals surface area contributed by atoms with Gasteiger partial charge >= 0.3 is 0 Å². The standard InChI is InChI=1S/C15H17FN4O2/c1-10-7-11(3-4-12(10)16)14-9-20(5-6-22-14)15(21)13-8-17-19(2)18-13/h3-4,7-8,14H,5-6,9H2,1-2H3. The van der Waals surface area contributed by atoms with E-state index in [4.69, 9.17) is 4.74 Å². The van der Waals surface area contributed by atoms with Gasteiger partial charge in [-0.3, -0.25) is 4.79 Å². The molecule has 6 nitrogen and oxygen atoms in total. The summed E-state index contributed by atoms with van der Waals surface area (Å²) in [7, 11) is 1.67. The Hall–Kier alpha value is -2.28. The second-order valence-corrected chi connectivity index (χ2v) is 5.34. The molecular weight excluding hydrogens is 287 g/mol. The summed E-state index contributed by atoms with van der Waals surface area (Å²) in [4.78, 5) is 15.5. The lowest BCUT2D eigenvalue weighted by atomic mass is 10.0. The number of aryl methyl sites for hydroxylation is 2. The molecule has 1 atom stereocenters. The van der Waals surface area contributed by atoms with E-state index in [1.54, 1.807) is 31.0 Å².